The highest BCUT2D eigenvalue weighted by Crippen LogP contribution is 2.33. The molecular weight excluding hydrogens is 414 g/mol. The van der Waals surface area contributed by atoms with Crippen LogP contribution in [0.4, 0.5) is 11.4 Å². The smallest absolute Gasteiger partial charge is 0.286 e. The summed E-state index contributed by atoms with van der Waals surface area (Å²) < 4.78 is 34.3. The number of amides is 1. The fourth-order valence-electron chi connectivity index (χ4n) is 3.10. The van der Waals surface area contributed by atoms with Crippen LogP contribution in [0, 0.1) is 0 Å². The number of hydrogen-bond acceptors (Lipinski definition) is 5. The Labute approximate surface area is 175 Å². The molecule has 2 aromatic rings. The van der Waals surface area contributed by atoms with Crippen molar-refractivity contribution >= 4 is 44.7 Å². The first-order valence-corrected chi connectivity index (χ1v) is 11.0. The molecule has 1 aliphatic rings. The van der Waals surface area contributed by atoms with E-state index in [-0.39, 0.29) is 10.5 Å². The lowest BCUT2D eigenvalue weighted by Crippen LogP contribution is -2.34. The predicted octanol–water partition coefficient (Wildman–Crippen LogP) is 4.33. The van der Waals surface area contributed by atoms with E-state index in [0.717, 1.165) is 12.8 Å². The molecule has 0 unspecified atom stereocenters. The van der Waals surface area contributed by atoms with Gasteiger partial charge < -0.3 is 15.0 Å². The number of sulfonamides is 1. The minimum absolute atomic E-state index is 0.0184. The summed E-state index contributed by atoms with van der Waals surface area (Å²) in [6, 6.07) is 9.44. The Balaban J connectivity index is 1.96. The molecule has 1 N–H and O–H groups in total. The molecule has 1 heterocycles. The third-order valence-corrected chi connectivity index (χ3v) is 6.20. The fourth-order valence-corrected chi connectivity index (χ4v) is 4.54. The van der Waals surface area contributed by atoms with E-state index in [0.29, 0.717) is 34.5 Å². The summed E-state index contributed by atoms with van der Waals surface area (Å²) in [5.74, 6) is 0.390. The molecule has 7 nitrogen and oxygen atoms in total. The van der Waals surface area contributed by atoms with E-state index in [1.165, 1.54) is 13.2 Å². The van der Waals surface area contributed by atoms with Gasteiger partial charge in [0.05, 0.1) is 18.5 Å². The summed E-state index contributed by atoms with van der Waals surface area (Å²) in [5.41, 5.74) is 1.12. The number of hydrogen-bond donors (Lipinski definition) is 1. The molecule has 0 saturated carbocycles. The number of ether oxygens (including phenoxy) is 1. The number of methoxy groups -OCH3 is 1. The number of anilines is 2. The van der Waals surface area contributed by atoms with Gasteiger partial charge in [0.25, 0.3) is 15.9 Å². The normalized spacial score (nSPS) is 14.8. The molecule has 29 heavy (non-hydrogen) atoms. The first-order valence-electron chi connectivity index (χ1n) is 9.15. The Kier molecular flexibility index (Phi) is 6.14. The third kappa shape index (κ3) is 4.38. The van der Waals surface area contributed by atoms with Crippen molar-refractivity contribution in [2.24, 2.45) is 4.40 Å². The first-order chi connectivity index (χ1) is 13.8. The van der Waals surface area contributed by atoms with Gasteiger partial charge in [-0.3, -0.25) is 4.79 Å². The lowest BCUT2D eigenvalue weighted by Gasteiger charge is -2.29. The number of amidine groups is 1. The zero-order chi connectivity index (χ0) is 21.2. The van der Waals surface area contributed by atoms with Gasteiger partial charge in [-0.1, -0.05) is 24.9 Å². The molecule has 1 aliphatic heterocycles. The molecule has 154 valence electrons. The van der Waals surface area contributed by atoms with Gasteiger partial charge in [0.15, 0.2) is 0 Å². The van der Waals surface area contributed by atoms with Gasteiger partial charge in [0, 0.05) is 17.1 Å². The summed E-state index contributed by atoms with van der Waals surface area (Å²) >= 11 is 6.00. The minimum Gasteiger partial charge on any atom is -0.495 e. The predicted molar refractivity (Wildman–Crippen MR) is 115 cm³/mol. The Bertz CT molecular complexity index is 1080. The van der Waals surface area contributed by atoms with Crippen LogP contribution < -0.4 is 15.0 Å². The highest BCUT2D eigenvalue weighted by atomic mass is 35.5. The van der Waals surface area contributed by atoms with Crippen LogP contribution in [0.15, 0.2) is 45.7 Å². The lowest BCUT2D eigenvalue weighted by molar-refractivity contribution is 0.102. The Morgan fingerprint density at radius 3 is 2.69 bits per heavy atom. The summed E-state index contributed by atoms with van der Waals surface area (Å²) in [6.45, 7) is 4.38. The SMILES string of the molecule is CCCCN1C(C)=NS(=O)(=O)c2cc(C(=O)Nc3cc(Cl)ccc3OC)ccc21. The van der Waals surface area contributed by atoms with E-state index in [2.05, 4.69) is 16.6 Å². The first kappa shape index (κ1) is 21.1. The van der Waals surface area contributed by atoms with Crippen molar-refractivity contribution in [2.75, 3.05) is 23.9 Å². The summed E-state index contributed by atoms with van der Waals surface area (Å²) in [4.78, 5) is 14.6. The van der Waals surface area contributed by atoms with E-state index in [9.17, 15) is 13.2 Å². The zero-order valence-electron chi connectivity index (χ0n) is 16.4. The number of unbranched alkanes of at least 4 members (excludes halogenated alkanes) is 1. The molecule has 9 heteroatoms. The van der Waals surface area contributed by atoms with E-state index < -0.39 is 15.9 Å². The molecule has 3 rings (SSSR count). The second-order valence-corrected chi connectivity index (χ2v) is 8.61. The van der Waals surface area contributed by atoms with Crippen molar-refractivity contribution in [3.63, 3.8) is 0 Å². The van der Waals surface area contributed by atoms with Gasteiger partial charge in [-0.05, 0) is 49.7 Å². The second-order valence-electron chi connectivity index (χ2n) is 6.60. The average molecular weight is 436 g/mol. The van der Waals surface area contributed by atoms with Gasteiger partial charge in [0.1, 0.15) is 16.5 Å². The number of nitrogens with one attached hydrogen (secondary N) is 1. The van der Waals surface area contributed by atoms with Crippen molar-refractivity contribution in [1.82, 2.24) is 0 Å². The summed E-state index contributed by atoms with van der Waals surface area (Å²) in [7, 11) is -2.40. The summed E-state index contributed by atoms with van der Waals surface area (Å²) in [5, 5.41) is 3.15. The zero-order valence-corrected chi connectivity index (χ0v) is 18.0. The van der Waals surface area contributed by atoms with Gasteiger partial charge in [-0.25, -0.2) is 0 Å². The molecule has 0 aromatic heterocycles. The van der Waals surface area contributed by atoms with Crippen molar-refractivity contribution < 1.29 is 17.9 Å². The molecule has 0 saturated heterocycles. The summed E-state index contributed by atoms with van der Waals surface area (Å²) in [6.07, 6.45) is 1.86. The van der Waals surface area contributed by atoms with E-state index in [1.807, 2.05) is 4.90 Å². The van der Waals surface area contributed by atoms with E-state index in [1.54, 1.807) is 37.3 Å². The van der Waals surface area contributed by atoms with E-state index in [4.69, 9.17) is 16.3 Å². The number of benzene rings is 2. The number of fused-ring (bicyclic) bond motifs is 1. The fraction of sp³-hybridized carbons (Fsp3) is 0.300. The Morgan fingerprint density at radius 1 is 1.24 bits per heavy atom. The van der Waals surface area contributed by atoms with Crippen LogP contribution in [-0.2, 0) is 10.0 Å². The van der Waals surface area contributed by atoms with Gasteiger partial charge in [-0.2, -0.15) is 8.42 Å². The maximum atomic E-state index is 12.8. The van der Waals surface area contributed by atoms with Crippen LogP contribution in [0.2, 0.25) is 5.02 Å². The van der Waals surface area contributed by atoms with Gasteiger partial charge in [0.2, 0.25) is 0 Å². The van der Waals surface area contributed by atoms with Crippen molar-refractivity contribution in [3.8, 4) is 5.75 Å². The van der Waals surface area contributed by atoms with Crippen LogP contribution in [-0.4, -0.2) is 33.8 Å². The maximum Gasteiger partial charge on any atom is 0.286 e. The average Bonchev–Trinajstić information content (AvgIpc) is 2.67. The molecule has 0 aliphatic carbocycles. The molecule has 2 aromatic carbocycles. The number of rotatable bonds is 6. The minimum atomic E-state index is -3.88. The molecule has 1 amide bonds. The number of nitrogens with zero attached hydrogens (tertiary/aromatic N) is 2. The number of halogens is 1. The quantitative estimate of drug-likeness (QED) is 0.729. The van der Waals surface area contributed by atoms with Crippen LogP contribution in [0.3, 0.4) is 0 Å². The lowest BCUT2D eigenvalue weighted by atomic mass is 10.1. The number of carbonyl (C=O) groups is 1. The van der Waals surface area contributed by atoms with Gasteiger partial charge >= 0.3 is 0 Å². The number of carbonyl (C=O) groups excluding carboxylic acids is 1. The van der Waals surface area contributed by atoms with Crippen molar-refractivity contribution in [2.45, 2.75) is 31.6 Å². The molecule has 0 radical (unpaired) electrons. The molecule has 0 spiro atoms. The molecular formula is C20H22ClN3O4S. The Morgan fingerprint density at radius 2 is 2.00 bits per heavy atom. The maximum absolute atomic E-state index is 12.8. The highest BCUT2D eigenvalue weighted by molar-refractivity contribution is 7.90. The van der Waals surface area contributed by atoms with Crippen LogP contribution in [0.25, 0.3) is 0 Å². The van der Waals surface area contributed by atoms with Crippen LogP contribution in [0.1, 0.15) is 37.0 Å². The van der Waals surface area contributed by atoms with Crippen molar-refractivity contribution in [1.29, 1.82) is 0 Å². The standard InChI is InChI=1S/C20H22ClN3O4S/c1-4-5-10-24-13(2)23-29(26,27)19-11-14(6-8-17(19)24)20(25)22-16-12-15(21)7-9-18(16)28-3/h6-9,11-12H,4-5,10H2,1-3H3,(H,22,25). The molecule has 0 fully saturated rings. The Hall–Kier alpha value is -2.58. The largest absolute Gasteiger partial charge is 0.495 e. The van der Waals surface area contributed by atoms with Crippen molar-refractivity contribution in [3.05, 3.63) is 47.0 Å². The van der Waals surface area contributed by atoms with Crippen LogP contribution >= 0.6 is 11.6 Å². The van der Waals surface area contributed by atoms with E-state index >= 15 is 0 Å². The topological polar surface area (TPSA) is 88.1 Å². The third-order valence-electron chi connectivity index (χ3n) is 4.58. The molecule has 0 atom stereocenters. The second kappa shape index (κ2) is 8.42. The van der Waals surface area contributed by atoms with Crippen LogP contribution in [0.5, 0.6) is 5.75 Å². The van der Waals surface area contributed by atoms with Gasteiger partial charge in [-0.15, -0.1) is 4.40 Å². The molecule has 0 bridgehead atoms. The monoisotopic (exact) mass is 435 g/mol. The highest BCUT2D eigenvalue weighted by Gasteiger charge is 2.29.